The highest BCUT2D eigenvalue weighted by molar-refractivity contribution is 6.35. The molecular weight excluding hydrogens is 431 g/mol. The van der Waals surface area contributed by atoms with Gasteiger partial charge in [-0.2, -0.15) is 0 Å². The Hall–Kier alpha value is -2.69. The minimum Gasteiger partial charge on any atom is -0.489 e. The Kier molecular flexibility index (Phi) is 8.21. The van der Waals surface area contributed by atoms with Crippen molar-refractivity contribution in [3.05, 3.63) is 93.5 Å². The summed E-state index contributed by atoms with van der Waals surface area (Å²) in [6.07, 6.45) is 0. The Morgan fingerprint density at radius 2 is 1.81 bits per heavy atom. The van der Waals surface area contributed by atoms with Gasteiger partial charge in [-0.1, -0.05) is 61.3 Å². The second-order valence-corrected chi connectivity index (χ2v) is 8.55. The lowest BCUT2D eigenvalue weighted by atomic mass is 10.1. The maximum Gasteiger partial charge on any atom is 0.251 e. The van der Waals surface area contributed by atoms with Gasteiger partial charge in [-0.3, -0.25) is 4.79 Å². The van der Waals surface area contributed by atoms with Crippen LogP contribution in [0.15, 0.2) is 66.7 Å². The molecule has 3 rings (SSSR count). The van der Waals surface area contributed by atoms with Gasteiger partial charge in [0.05, 0.1) is 0 Å². The quantitative estimate of drug-likeness (QED) is 0.382. The molecule has 0 aromatic heterocycles. The topological polar surface area (TPSA) is 50.4 Å². The Morgan fingerprint density at radius 1 is 1.00 bits per heavy atom. The van der Waals surface area contributed by atoms with Crippen LogP contribution in [0.2, 0.25) is 10.0 Å². The third-order valence-corrected chi connectivity index (χ3v) is 5.19. The van der Waals surface area contributed by atoms with Crippen LogP contribution in [0.25, 0.3) is 0 Å². The lowest BCUT2D eigenvalue weighted by Crippen LogP contribution is -2.27. The molecule has 0 heterocycles. The Bertz CT molecular complexity index is 1040. The summed E-state index contributed by atoms with van der Waals surface area (Å²) in [5.74, 6) is 1.11. The van der Waals surface area contributed by atoms with Crippen LogP contribution in [0.5, 0.6) is 5.75 Å². The molecule has 0 bridgehead atoms. The van der Waals surface area contributed by atoms with E-state index < -0.39 is 0 Å². The largest absolute Gasteiger partial charge is 0.489 e. The number of rotatable bonds is 9. The van der Waals surface area contributed by atoms with Crippen LogP contribution in [0.1, 0.15) is 35.3 Å². The molecule has 0 saturated carbocycles. The lowest BCUT2D eigenvalue weighted by molar-refractivity contribution is 0.0949. The predicted molar refractivity (Wildman–Crippen MR) is 128 cm³/mol. The smallest absolute Gasteiger partial charge is 0.251 e. The van der Waals surface area contributed by atoms with Crippen molar-refractivity contribution >= 4 is 34.8 Å². The van der Waals surface area contributed by atoms with Gasteiger partial charge in [0, 0.05) is 39.9 Å². The summed E-state index contributed by atoms with van der Waals surface area (Å²) in [6.45, 7) is 5.77. The van der Waals surface area contributed by atoms with E-state index in [1.54, 1.807) is 12.1 Å². The number of carbonyl (C=O) groups excluding carboxylic acids is 1. The van der Waals surface area contributed by atoms with E-state index in [9.17, 15) is 4.79 Å². The van der Waals surface area contributed by atoms with Gasteiger partial charge >= 0.3 is 0 Å². The predicted octanol–water partition coefficient (Wildman–Crippen LogP) is 6.57. The number of halogens is 2. The molecule has 2 N–H and O–H groups in total. The number of carbonyl (C=O) groups is 1. The van der Waals surface area contributed by atoms with E-state index in [0.29, 0.717) is 41.2 Å². The highest BCUT2D eigenvalue weighted by Gasteiger charge is 2.07. The first kappa shape index (κ1) is 23.0. The van der Waals surface area contributed by atoms with Crippen molar-refractivity contribution < 1.29 is 9.53 Å². The van der Waals surface area contributed by atoms with Crippen LogP contribution in [0.4, 0.5) is 5.69 Å². The minimum absolute atomic E-state index is 0.0615. The molecule has 0 unspecified atom stereocenters. The number of nitrogens with one attached hydrogen (secondary N) is 2. The maximum atomic E-state index is 12.3. The first-order valence-electron chi connectivity index (χ1n) is 10.2. The molecule has 0 aliphatic carbocycles. The molecule has 1 amide bonds. The van der Waals surface area contributed by atoms with Crippen LogP contribution < -0.4 is 15.4 Å². The molecule has 0 spiro atoms. The molecule has 6 heteroatoms. The van der Waals surface area contributed by atoms with E-state index in [2.05, 4.69) is 24.5 Å². The van der Waals surface area contributed by atoms with Crippen molar-refractivity contribution in [1.82, 2.24) is 5.32 Å². The first-order chi connectivity index (χ1) is 14.9. The zero-order valence-electron chi connectivity index (χ0n) is 17.6. The Balaban J connectivity index is 1.57. The monoisotopic (exact) mass is 456 g/mol. The van der Waals surface area contributed by atoms with Crippen LogP contribution >= 0.6 is 23.2 Å². The zero-order chi connectivity index (χ0) is 22.2. The normalized spacial score (nSPS) is 10.7. The number of ether oxygens (including phenoxy) is 1. The van der Waals surface area contributed by atoms with Crippen molar-refractivity contribution in [3.8, 4) is 5.75 Å². The molecule has 0 fully saturated rings. The molecule has 0 aliphatic rings. The molecule has 0 atom stereocenters. The summed E-state index contributed by atoms with van der Waals surface area (Å²) in [4.78, 5) is 12.3. The van der Waals surface area contributed by atoms with Crippen molar-refractivity contribution in [2.45, 2.75) is 27.0 Å². The molecule has 3 aromatic rings. The molecule has 4 nitrogen and oxygen atoms in total. The Labute approximate surface area is 193 Å². The lowest BCUT2D eigenvalue weighted by Gasteiger charge is -2.12. The van der Waals surface area contributed by atoms with Crippen LogP contribution in [-0.2, 0) is 13.2 Å². The van der Waals surface area contributed by atoms with E-state index in [1.165, 1.54) is 0 Å². The summed E-state index contributed by atoms with van der Waals surface area (Å²) < 4.78 is 5.89. The average Bonchev–Trinajstić information content (AvgIpc) is 2.76. The zero-order valence-corrected chi connectivity index (χ0v) is 19.1. The van der Waals surface area contributed by atoms with Gasteiger partial charge in [0.1, 0.15) is 12.4 Å². The Morgan fingerprint density at radius 3 is 2.58 bits per heavy atom. The third kappa shape index (κ3) is 7.20. The summed E-state index contributed by atoms with van der Waals surface area (Å²) in [5, 5.41) is 7.49. The molecular formula is C25H26Cl2N2O2. The van der Waals surface area contributed by atoms with E-state index in [-0.39, 0.29) is 5.91 Å². The van der Waals surface area contributed by atoms with Crippen molar-refractivity contribution in [2.24, 2.45) is 5.92 Å². The van der Waals surface area contributed by atoms with Gasteiger partial charge in [0.25, 0.3) is 5.91 Å². The fourth-order valence-electron chi connectivity index (χ4n) is 2.92. The second-order valence-electron chi connectivity index (χ2n) is 7.71. The van der Waals surface area contributed by atoms with Crippen molar-refractivity contribution in [1.29, 1.82) is 0 Å². The second kappa shape index (κ2) is 11.1. The molecule has 162 valence electrons. The third-order valence-electron chi connectivity index (χ3n) is 4.60. The minimum atomic E-state index is -0.0615. The van der Waals surface area contributed by atoms with E-state index in [1.807, 2.05) is 54.6 Å². The summed E-state index contributed by atoms with van der Waals surface area (Å²) in [6, 6.07) is 20.7. The molecule has 0 aliphatic heterocycles. The first-order valence-corrected chi connectivity index (χ1v) is 10.9. The van der Waals surface area contributed by atoms with E-state index in [0.717, 1.165) is 22.6 Å². The van der Waals surface area contributed by atoms with Crippen molar-refractivity contribution in [3.63, 3.8) is 0 Å². The van der Waals surface area contributed by atoms with Gasteiger partial charge in [0.2, 0.25) is 0 Å². The average molecular weight is 457 g/mol. The van der Waals surface area contributed by atoms with Gasteiger partial charge in [0.15, 0.2) is 0 Å². The fourth-order valence-corrected chi connectivity index (χ4v) is 3.38. The van der Waals surface area contributed by atoms with E-state index >= 15 is 0 Å². The van der Waals surface area contributed by atoms with Crippen LogP contribution in [0, 0.1) is 5.92 Å². The fraction of sp³-hybridized carbons (Fsp3) is 0.240. The standard InChI is InChI=1S/C25H26Cl2N2O2/c1-17(2)14-29-25(30)19-6-4-7-22(12-19)28-15-18-5-3-8-23(11-18)31-16-20-9-10-21(26)13-24(20)27/h3-13,17,28H,14-16H2,1-2H3,(H,29,30). The highest BCUT2D eigenvalue weighted by Crippen LogP contribution is 2.23. The van der Waals surface area contributed by atoms with Crippen LogP contribution in [0.3, 0.4) is 0 Å². The van der Waals surface area contributed by atoms with Crippen LogP contribution in [-0.4, -0.2) is 12.5 Å². The highest BCUT2D eigenvalue weighted by atomic mass is 35.5. The van der Waals surface area contributed by atoms with Gasteiger partial charge < -0.3 is 15.4 Å². The number of hydrogen-bond acceptors (Lipinski definition) is 3. The van der Waals surface area contributed by atoms with Gasteiger partial charge in [-0.15, -0.1) is 0 Å². The number of benzene rings is 3. The number of hydrogen-bond donors (Lipinski definition) is 2. The SMILES string of the molecule is CC(C)CNC(=O)c1cccc(NCc2cccc(OCc3ccc(Cl)cc3Cl)c2)c1. The maximum absolute atomic E-state index is 12.3. The van der Waals surface area contributed by atoms with Crippen molar-refractivity contribution in [2.75, 3.05) is 11.9 Å². The summed E-state index contributed by atoms with van der Waals surface area (Å²) in [7, 11) is 0. The molecule has 0 radical (unpaired) electrons. The number of amides is 1. The molecule has 3 aromatic carbocycles. The molecule has 31 heavy (non-hydrogen) atoms. The van der Waals surface area contributed by atoms with E-state index in [4.69, 9.17) is 27.9 Å². The molecule has 0 saturated heterocycles. The van der Waals surface area contributed by atoms with Gasteiger partial charge in [-0.05, 0) is 53.9 Å². The number of anilines is 1. The summed E-state index contributed by atoms with van der Waals surface area (Å²) in [5.41, 5.74) is 3.47. The summed E-state index contributed by atoms with van der Waals surface area (Å²) >= 11 is 12.2. The van der Waals surface area contributed by atoms with Gasteiger partial charge in [-0.25, -0.2) is 0 Å².